The number of methoxy groups -OCH3 is 1. The first kappa shape index (κ1) is 14.4. The van der Waals surface area contributed by atoms with Gasteiger partial charge < -0.3 is 10.1 Å². The molecule has 2 aromatic rings. The van der Waals surface area contributed by atoms with Gasteiger partial charge in [0.25, 0.3) is 0 Å². The van der Waals surface area contributed by atoms with Crippen LogP contribution >= 0.6 is 11.3 Å². The molecule has 7 heteroatoms. The summed E-state index contributed by atoms with van der Waals surface area (Å²) in [5.74, 6) is 0.113. The first-order valence-electron chi connectivity index (χ1n) is 6.13. The third kappa shape index (κ3) is 3.11. The maximum atomic E-state index is 11.3. The molecule has 0 amide bonds. The zero-order valence-electron chi connectivity index (χ0n) is 11.8. The molecule has 1 atom stereocenters. The molecule has 0 saturated heterocycles. The lowest BCUT2D eigenvalue weighted by Gasteiger charge is -2.13. The summed E-state index contributed by atoms with van der Waals surface area (Å²) in [7, 11) is 1.31. The molecule has 20 heavy (non-hydrogen) atoms. The zero-order chi connectivity index (χ0) is 14.7. The summed E-state index contributed by atoms with van der Waals surface area (Å²) in [5.41, 5.74) is 1.21. The van der Waals surface area contributed by atoms with E-state index in [9.17, 15) is 4.79 Å². The second-order valence-corrected chi connectivity index (χ2v) is 5.58. The van der Waals surface area contributed by atoms with Crippen molar-refractivity contribution in [3.8, 4) is 0 Å². The highest BCUT2D eigenvalue weighted by Gasteiger charge is 2.14. The van der Waals surface area contributed by atoms with Gasteiger partial charge in [-0.3, -0.25) is 0 Å². The molecule has 1 unspecified atom stereocenters. The Bertz CT molecular complexity index is 609. The lowest BCUT2D eigenvalue weighted by atomic mass is 10.2. The minimum absolute atomic E-state index is 0.0828. The smallest absolute Gasteiger partial charge is 0.358 e. The van der Waals surface area contributed by atoms with Crippen molar-refractivity contribution < 1.29 is 9.53 Å². The number of carbonyl (C=O) groups excluding carboxylic acids is 1. The number of thiazole rings is 1. The van der Waals surface area contributed by atoms with E-state index in [4.69, 9.17) is 0 Å². The van der Waals surface area contributed by atoms with Gasteiger partial charge in [-0.05, 0) is 32.9 Å². The number of aromatic nitrogens is 3. The summed E-state index contributed by atoms with van der Waals surface area (Å²) in [6, 6.07) is 3.37. The maximum absolute atomic E-state index is 11.3. The van der Waals surface area contributed by atoms with Crippen molar-refractivity contribution in [1.82, 2.24) is 15.2 Å². The molecule has 0 bridgehead atoms. The highest BCUT2D eigenvalue weighted by atomic mass is 32.1. The van der Waals surface area contributed by atoms with Crippen LogP contribution in [0.15, 0.2) is 12.1 Å². The van der Waals surface area contributed by atoms with Crippen molar-refractivity contribution in [2.24, 2.45) is 0 Å². The summed E-state index contributed by atoms with van der Waals surface area (Å²) in [6.45, 7) is 6.01. The Balaban J connectivity index is 2.10. The molecule has 0 saturated carbocycles. The second-order valence-electron chi connectivity index (χ2n) is 4.34. The third-order valence-electron chi connectivity index (χ3n) is 2.76. The minimum atomic E-state index is -0.494. The standard InChI is InChI=1S/C13H16N4O2S/c1-7-12(20-9(3)14-7)8(2)15-11-6-5-10(16-17-11)13(18)19-4/h5-6,8H,1-4H3,(H,15,17). The number of nitrogens with one attached hydrogen (secondary N) is 1. The number of hydrogen-bond donors (Lipinski definition) is 1. The van der Waals surface area contributed by atoms with Gasteiger partial charge in [0.15, 0.2) is 5.69 Å². The number of rotatable bonds is 4. The summed E-state index contributed by atoms with van der Waals surface area (Å²) in [6.07, 6.45) is 0. The van der Waals surface area contributed by atoms with E-state index in [2.05, 4.69) is 25.2 Å². The molecule has 6 nitrogen and oxygen atoms in total. The van der Waals surface area contributed by atoms with Gasteiger partial charge >= 0.3 is 5.97 Å². The molecule has 1 N–H and O–H groups in total. The van der Waals surface area contributed by atoms with Crippen molar-refractivity contribution in [1.29, 1.82) is 0 Å². The van der Waals surface area contributed by atoms with Gasteiger partial charge in [-0.2, -0.15) is 0 Å². The first-order chi connectivity index (χ1) is 9.51. The van der Waals surface area contributed by atoms with E-state index in [0.717, 1.165) is 10.7 Å². The number of carbonyl (C=O) groups is 1. The highest BCUT2D eigenvalue weighted by molar-refractivity contribution is 7.11. The third-order valence-corrected chi connectivity index (χ3v) is 4.01. The van der Waals surface area contributed by atoms with Crippen molar-refractivity contribution in [2.75, 3.05) is 12.4 Å². The van der Waals surface area contributed by atoms with Gasteiger partial charge in [0.1, 0.15) is 5.82 Å². The monoisotopic (exact) mass is 292 g/mol. The van der Waals surface area contributed by atoms with E-state index in [1.165, 1.54) is 12.0 Å². The molecule has 0 fully saturated rings. The molecular weight excluding hydrogens is 276 g/mol. The van der Waals surface area contributed by atoms with Crippen molar-refractivity contribution in [3.05, 3.63) is 33.4 Å². The fraction of sp³-hybridized carbons (Fsp3) is 0.385. The SMILES string of the molecule is COC(=O)c1ccc(NC(C)c2sc(C)nc2C)nn1. The van der Waals surface area contributed by atoms with Crippen molar-refractivity contribution >= 4 is 23.1 Å². The average Bonchev–Trinajstić information content (AvgIpc) is 2.78. The number of nitrogens with zero attached hydrogens (tertiary/aromatic N) is 3. The molecule has 0 aliphatic heterocycles. The van der Waals surface area contributed by atoms with Gasteiger partial charge in [0, 0.05) is 4.88 Å². The second kappa shape index (κ2) is 5.96. The summed E-state index contributed by atoms with van der Waals surface area (Å²) in [5, 5.41) is 12.1. The largest absolute Gasteiger partial charge is 0.464 e. The van der Waals surface area contributed by atoms with Crippen molar-refractivity contribution in [3.63, 3.8) is 0 Å². The Morgan fingerprint density at radius 2 is 2.10 bits per heavy atom. The number of esters is 1. The lowest BCUT2D eigenvalue weighted by Crippen LogP contribution is -2.10. The van der Waals surface area contributed by atoms with Crippen LogP contribution in [0.2, 0.25) is 0 Å². The number of ether oxygens (including phenoxy) is 1. The van der Waals surface area contributed by atoms with E-state index < -0.39 is 5.97 Å². The van der Waals surface area contributed by atoms with E-state index >= 15 is 0 Å². The van der Waals surface area contributed by atoms with E-state index in [-0.39, 0.29) is 11.7 Å². The van der Waals surface area contributed by atoms with Gasteiger partial charge in [-0.1, -0.05) is 0 Å². The zero-order valence-corrected chi connectivity index (χ0v) is 12.6. The van der Waals surface area contributed by atoms with E-state index in [0.29, 0.717) is 5.82 Å². The van der Waals surface area contributed by atoms with Crippen molar-refractivity contribution in [2.45, 2.75) is 26.8 Å². The topological polar surface area (TPSA) is 77.0 Å². The van der Waals surface area contributed by atoms with Crippen LogP contribution in [0.5, 0.6) is 0 Å². The molecular formula is C13H16N4O2S. The van der Waals surface area contributed by atoms with Crippen LogP contribution in [0.3, 0.4) is 0 Å². The molecule has 0 radical (unpaired) electrons. The molecule has 0 aromatic carbocycles. The Kier molecular flexibility index (Phi) is 4.29. The van der Waals surface area contributed by atoms with Crippen LogP contribution < -0.4 is 5.32 Å². The van der Waals surface area contributed by atoms with Crippen LogP contribution in [0.25, 0.3) is 0 Å². The van der Waals surface area contributed by atoms with Gasteiger partial charge in [-0.15, -0.1) is 21.5 Å². The summed E-state index contributed by atoms with van der Waals surface area (Å²) < 4.78 is 4.58. The molecule has 2 aromatic heterocycles. The predicted octanol–water partition coefficient (Wildman–Crippen LogP) is 2.51. The Hall–Kier alpha value is -2.02. The predicted molar refractivity (Wildman–Crippen MR) is 77.0 cm³/mol. The van der Waals surface area contributed by atoms with Gasteiger partial charge in [-0.25, -0.2) is 9.78 Å². The molecule has 0 spiro atoms. The quantitative estimate of drug-likeness (QED) is 0.872. The van der Waals surface area contributed by atoms with Crippen LogP contribution in [0, 0.1) is 13.8 Å². The average molecular weight is 292 g/mol. The van der Waals surface area contributed by atoms with Gasteiger partial charge in [0.05, 0.1) is 23.9 Å². The highest BCUT2D eigenvalue weighted by Crippen LogP contribution is 2.26. The minimum Gasteiger partial charge on any atom is -0.464 e. The summed E-state index contributed by atoms with van der Waals surface area (Å²) >= 11 is 1.66. The van der Waals surface area contributed by atoms with E-state index in [1.54, 1.807) is 23.5 Å². The summed E-state index contributed by atoms with van der Waals surface area (Å²) in [4.78, 5) is 16.8. The Morgan fingerprint density at radius 1 is 1.35 bits per heavy atom. The van der Waals surface area contributed by atoms with Crippen LogP contribution in [-0.4, -0.2) is 28.3 Å². The molecule has 2 heterocycles. The first-order valence-corrected chi connectivity index (χ1v) is 6.95. The van der Waals surface area contributed by atoms with Crippen LogP contribution in [0.1, 0.15) is 39.0 Å². The molecule has 0 aliphatic rings. The Morgan fingerprint density at radius 3 is 2.60 bits per heavy atom. The van der Waals surface area contributed by atoms with E-state index in [1.807, 2.05) is 20.8 Å². The van der Waals surface area contributed by atoms with Gasteiger partial charge in [0.2, 0.25) is 0 Å². The number of hydrogen-bond acceptors (Lipinski definition) is 7. The number of anilines is 1. The van der Waals surface area contributed by atoms with Crippen LogP contribution in [0.4, 0.5) is 5.82 Å². The maximum Gasteiger partial charge on any atom is 0.358 e. The molecule has 2 rings (SSSR count). The van der Waals surface area contributed by atoms with Crippen LogP contribution in [-0.2, 0) is 4.74 Å². The molecule has 106 valence electrons. The molecule has 0 aliphatic carbocycles. The fourth-order valence-corrected chi connectivity index (χ4v) is 2.79. The number of aryl methyl sites for hydroxylation is 2. The normalized spacial score (nSPS) is 12.0. The Labute approximate surface area is 121 Å². The lowest BCUT2D eigenvalue weighted by molar-refractivity contribution is 0.0593. The fourth-order valence-electron chi connectivity index (χ4n) is 1.86.